The normalized spacial score (nSPS) is 23.7. The van der Waals surface area contributed by atoms with E-state index < -0.39 is 65.5 Å². The van der Waals surface area contributed by atoms with Crippen LogP contribution in [-0.2, 0) is 71.0 Å². The Morgan fingerprint density at radius 2 is 1.49 bits per heavy atom. The summed E-state index contributed by atoms with van der Waals surface area (Å²) in [5.74, 6) is -2.25. The van der Waals surface area contributed by atoms with E-state index in [1.54, 1.807) is 0 Å². The van der Waals surface area contributed by atoms with E-state index in [4.69, 9.17) is 32.6 Å². The summed E-state index contributed by atoms with van der Waals surface area (Å²) in [7, 11) is 0. The average molecular weight is 701 g/mol. The molecule has 2 aromatic carbocycles. The number of carbonyl (C=O) groups excluding carboxylic acids is 4. The van der Waals surface area contributed by atoms with Crippen LogP contribution < -0.4 is 4.74 Å². The van der Waals surface area contributed by atoms with Gasteiger partial charge in [0.2, 0.25) is 0 Å². The van der Waals surface area contributed by atoms with Gasteiger partial charge in [-0.1, -0.05) is 36.4 Å². The van der Waals surface area contributed by atoms with Crippen LogP contribution in [0, 0.1) is 12.8 Å². The molecule has 12 nitrogen and oxygen atoms in total. The smallest absolute Gasteiger partial charge is 0.303 e. The zero-order valence-corrected chi connectivity index (χ0v) is 29.4. The standard InChI is InChI=1S/C36H44O12S/c1-21-9-7-10-27-18-29(19-28(32(21)27)17-26-11-13-30(14-12-26)42-15-8-16-44-49(6)41)33-35(46-24(4)39)36(47-25(5)40)34(45-23(3)38)31(48-33)20-43-22(2)37/h7,9-14,19,29,31,33-36H,8,15-18,20H2,1-6H3/t29?,31-,33+,34-,35+,36+,49?/m1/s1. The first-order valence-electron chi connectivity index (χ1n) is 16.1. The molecule has 0 aromatic heterocycles. The van der Waals surface area contributed by atoms with Crippen LogP contribution in [0.2, 0.25) is 0 Å². The molecule has 0 N–H and O–H groups in total. The molecule has 2 aromatic rings. The van der Waals surface area contributed by atoms with Crippen molar-refractivity contribution in [3.05, 3.63) is 70.8 Å². The Balaban J connectivity index is 1.68. The highest BCUT2D eigenvalue weighted by molar-refractivity contribution is 7.79. The van der Waals surface area contributed by atoms with Crippen molar-refractivity contribution >= 4 is 40.5 Å². The third-order valence-corrected chi connectivity index (χ3v) is 8.62. The third-order valence-electron chi connectivity index (χ3n) is 8.12. The van der Waals surface area contributed by atoms with E-state index in [1.807, 2.05) is 36.4 Å². The van der Waals surface area contributed by atoms with Gasteiger partial charge in [0.25, 0.3) is 0 Å². The second-order valence-electron chi connectivity index (χ2n) is 12.1. The molecule has 0 saturated carbocycles. The van der Waals surface area contributed by atoms with Gasteiger partial charge >= 0.3 is 23.9 Å². The Morgan fingerprint density at radius 3 is 2.12 bits per heavy atom. The lowest BCUT2D eigenvalue weighted by molar-refractivity contribution is -0.258. The highest BCUT2D eigenvalue weighted by Crippen LogP contribution is 2.40. The lowest BCUT2D eigenvalue weighted by atomic mass is 9.76. The van der Waals surface area contributed by atoms with Crippen LogP contribution in [0.1, 0.15) is 56.4 Å². The maximum Gasteiger partial charge on any atom is 0.303 e. The maximum absolute atomic E-state index is 12.5. The zero-order valence-electron chi connectivity index (χ0n) is 28.6. The van der Waals surface area contributed by atoms with Crippen LogP contribution in [0.25, 0.3) is 5.57 Å². The molecule has 4 rings (SSSR count). The fraction of sp³-hybridized carbons (Fsp3) is 0.500. The van der Waals surface area contributed by atoms with E-state index in [2.05, 4.69) is 19.1 Å². The quantitative estimate of drug-likeness (QED) is 0.159. The van der Waals surface area contributed by atoms with Crippen LogP contribution in [0.3, 0.4) is 0 Å². The lowest BCUT2D eigenvalue weighted by Gasteiger charge is -2.47. The number of rotatable bonds is 14. The van der Waals surface area contributed by atoms with Gasteiger partial charge in [0.05, 0.1) is 13.2 Å². The van der Waals surface area contributed by atoms with Gasteiger partial charge in [0.1, 0.15) is 24.6 Å². The molecule has 7 atom stereocenters. The minimum Gasteiger partial charge on any atom is -0.494 e. The molecule has 2 unspecified atom stereocenters. The molecule has 1 heterocycles. The van der Waals surface area contributed by atoms with Gasteiger partial charge in [-0.05, 0) is 59.7 Å². The number of benzene rings is 2. The van der Waals surface area contributed by atoms with Crippen molar-refractivity contribution in [1.82, 2.24) is 0 Å². The summed E-state index contributed by atoms with van der Waals surface area (Å²) < 4.78 is 50.8. The SMILES string of the molecule is CC(=O)OC[C@H]1O[C@@H](C2C=C(Cc3ccc(OCCCOS(C)=O)cc3)c3c(C)cccc3C2)[C@H](OC(C)=O)[C@@H](OC(C)=O)[C@@H]1OC(C)=O. The van der Waals surface area contributed by atoms with Crippen molar-refractivity contribution < 1.29 is 56.0 Å². The van der Waals surface area contributed by atoms with E-state index in [-0.39, 0.29) is 12.5 Å². The van der Waals surface area contributed by atoms with Crippen molar-refractivity contribution in [2.24, 2.45) is 5.92 Å². The first-order valence-corrected chi connectivity index (χ1v) is 17.6. The topological polar surface area (TPSA) is 150 Å². The number of hydrogen-bond acceptors (Lipinski definition) is 12. The molecule has 1 fully saturated rings. The first kappa shape index (κ1) is 37.7. The molecule has 0 amide bonds. The molecule has 1 saturated heterocycles. The molecule has 0 bridgehead atoms. The summed E-state index contributed by atoms with van der Waals surface area (Å²) in [6, 6.07) is 13.9. The molecular weight excluding hydrogens is 656 g/mol. The van der Waals surface area contributed by atoms with E-state index in [0.717, 1.165) is 27.8 Å². The summed E-state index contributed by atoms with van der Waals surface area (Å²) in [5.41, 5.74) is 5.32. The molecule has 2 aliphatic rings. The number of fused-ring (bicyclic) bond motifs is 1. The highest BCUT2D eigenvalue weighted by atomic mass is 32.2. The minimum atomic E-state index is -1.31. The molecule has 49 heavy (non-hydrogen) atoms. The number of ether oxygens (including phenoxy) is 6. The lowest BCUT2D eigenvalue weighted by Crippen LogP contribution is -2.64. The molecule has 1 aliphatic carbocycles. The molecule has 1 aliphatic heterocycles. The number of esters is 4. The van der Waals surface area contributed by atoms with Crippen molar-refractivity contribution in [1.29, 1.82) is 0 Å². The number of aryl methyl sites for hydroxylation is 1. The molecule has 13 heteroatoms. The van der Waals surface area contributed by atoms with Crippen LogP contribution in [-0.4, -0.2) is 84.7 Å². The predicted molar refractivity (Wildman–Crippen MR) is 179 cm³/mol. The van der Waals surface area contributed by atoms with Gasteiger partial charge in [-0.15, -0.1) is 0 Å². The van der Waals surface area contributed by atoms with Crippen molar-refractivity contribution in [2.75, 3.05) is 26.1 Å². The first-order chi connectivity index (χ1) is 23.3. The molecule has 266 valence electrons. The summed E-state index contributed by atoms with van der Waals surface area (Å²) >= 11 is -1.31. The highest BCUT2D eigenvalue weighted by Gasteiger charge is 2.54. The summed E-state index contributed by atoms with van der Waals surface area (Å²) in [6.45, 7) is 7.42. The van der Waals surface area contributed by atoms with Gasteiger partial charge < -0.3 is 28.4 Å². The molecule has 0 radical (unpaired) electrons. The number of carbonyl (C=O) groups is 4. The van der Waals surface area contributed by atoms with Gasteiger partial charge in [-0.25, -0.2) is 4.21 Å². The zero-order chi connectivity index (χ0) is 35.7. The molecule has 0 spiro atoms. The van der Waals surface area contributed by atoms with E-state index in [1.165, 1.54) is 34.0 Å². The maximum atomic E-state index is 12.5. The Hall–Kier alpha value is -4.07. The Kier molecular flexibility index (Phi) is 13.5. The van der Waals surface area contributed by atoms with Crippen LogP contribution >= 0.6 is 0 Å². The Bertz CT molecular complexity index is 1550. The number of allylic oxidation sites excluding steroid dienone is 1. The van der Waals surface area contributed by atoms with E-state index in [0.29, 0.717) is 38.2 Å². The van der Waals surface area contributed by atoms with Gasteiger partial charge in [0, 0.05) is 46.3 Å². The van der Waals surface area contributed by atoms with Crippen molar-refractivity contribution in [3.63, 3.8) is 0 Å². The third kappa shape index (κ3) is 10.7. The summed E-state index contributed by atoms with van der Waals surface area (Å²) in [4.78, 5) is 48.8. The minimum absolute atomic E-state index is 0.285. The van der Waals surface area contributed by atoms with Crippen molar-refractivity contribution in [3.8, 4) is 5.75 Å². The molecular formula is C36H44O12S. The monoisotopic (exact) mass is 700 g/mol. The van der Waals surface area contributed by atoms with Crippen molar-refractivity contribution in [2.45, 2.75) is 84.4 Å². The Labute approximate surface area is 289 Å². The van der Waals surface area contributed by atoms with E-state index in [9.17, 15) is 23.4 Å². The second kappa shape index (κ2) is 17.5. The predicted octanol–water partition coefficient (Wildman–Crippen LogP) is 4.00. The fourth-order valence-corrected chi connectivity index (χ4v) is 6.68. The fourth-order valence-electron chi connectivity index (χ4n) is 6.33. The van der Waals surface area contributed by atoms with Crippen LogP contribution in [0.4, 0.5) is 0 Å². The summed E-state index contributed by atoms with van der Waals surface area (Å²) in [5, 5.41) is 0. The van der Waals surface area contributed by atoms with Gasteiger partial charge in [-0.2, -0.15) is 0 Å². The Morgan fingerprint density at radius 1 is 0.837 bits per heavy atom. The van der Waals surface area contributed by atoms with Gasteiger partial charge in [0.15, 0.2) is 29.4 Å². The van der Waals surface area contributed by atoms with Crippen LogP contribution in [0.15, 0.2) is 48.5 Å². The second-order valence-corrected chi connectivity index (χ2v) is 13.1. The average Bonchev–Trinajstić information content (AvgIpc) is 3.01. The number of hydrogen-bond donors (Lipinski definition) is 0. The van der Waals surface area contributed by atoms with E-state index >= 15 is 0 Å². The largest absolute Gasteiger partial charge is 0.494 e. The summed E-state index contributed by atoms with van der Waals surface area (Å²) in [6.07, 6.45) is -0.229. The van der Waals surface area contributed by atoms with Gasteiger partial charge in [-0.3, -0.25) is 23.4 Å². The van der Waals surface area contributed by atoms with Crippen LogP contribution in [0.5, 0.6) is 5.75 Å².